The fourth-order valence-corrected chi connectivity index (χ4v) is 5.61. The van der Waals surface area contributed by atoms with Crippen molar-refractivity contribution in [3.05, 3.63) is 77.4 Å². The first kappa shape index (κ1) is 28.4. The molecule has 3 aromatic rings. The number of sulfonamides is 2. The first-order valence-corrected chi connectivity index (χ1v) is 15.3. The summed E-state index contributed by atoms with van der Waals surface area (Å²) < 4.78 is 69.0. The van der Waals surface area contributed by atoms with Crippen molar-refractivity contribution in [2.24, 2.45) is 5.14 Å². The number of hydrogen-bond donors (Lipinski definition) is 2. The average molecular weight is 575 g/mol. The molecule has 0 bridgehead atoms. The number of hydrogen-bond acceptors (Lipinski definition) is 8. The van der Waals surface area contributed by atoms with Gasteiger partial charge in [0.1, 0.15) is 5.75 Å². The first-order valence-electron chi connectivity index (χ1n) is 12.3. The molecule has 1 aliphatic rings. The van der Waals surface area contributed by atoms with E-state index in [2.05, 4.69) is 4.72 Å². The molecule has 12 heteroatoms. The molecule has 10 nitrogen and oxygen atoms in total. The van der Waals surface area contributed by atoms with Gasteiger partial charge in [0.25, 0.3) is 15.9 Å². The predicted molar refractivity (Wildman–Crippen MR) is 144 cm³/mol. The van der Waals surface area contributed by atoms with Gasteiger partial charge in [-0.2, -0.15) is 0 Å². The van der Waals surface area contributed by atoms with E-state index in [1.54, 1.807) is 24.3 Å². The summed E-state index contributed by atoms with van der Waals surface area (Å²) in [6.07, 6.45) is -0.360. The van der Waals surface area contributed by atoms with E-state index in [-0.39, 0.29) is 28.3 Å². The van der Waals surface area contributed by atoms with Crippen molar-refractivity contribution < 1.29 is 35.8 Å². The minimum absolute atomic E-state index is 0.00688. The smallest absolute Gasteiger partial charge is 0.279 e. The molecule has 1 unspecified atom stereocenters. The summed E-state index contributed by atoms with van der Waals surface area (Å²) in [5.74, 6) is 0.318. The largest absolute Gasteiger partial charge is 0.475 e. The van der Waals surface area contributed by atoms with E-state index in [0.717, 1.165) is 5.56 Å². The van der Waals surface area contributed by atoms with Gasteiger partial charge in [0, 0.05) is 5.56 Å². The van der Waals surface area contributed by atoms with Crippen molar-refractivity contribution in [2.45, 2.75) is 55.4 Å². The van der Waals surface area contributed by atoms with Gasteiger partial charge in [-0.05, 0) is 65.9 Å². The Bertz CT molecular complexity index is 1580. The van der Waals surface area contributed by atoms with Crippen LogP contribution < -0.4 is 24.1 Å². The fraction of sp³-hybridized carbons (Fsp3) is 0.296. The van der Waals surface area contributed by atoms with Crippen LogP contribution in [0.15, 0.2) is 70.5 Å². The molecule has 0 fully saturated rings. The molecule has 3 N–H and O–H groups in total. The molecule has 0 saturated heterocycles. The molecule has 0 aliphatic carbocycles. The van der Waals surface area contributed by atoms with Gasteiger partial charge in [0.05, 0.1) is 9.79 Å². The summed E-state index contributed by atoms with van der Waals surface area (Å²) in [5, 5.41) is 5.29. The van der Waals surface area contributed by atoms with Crippen molar-refractivity contribution in [1.29, 1.82) is 0 Å². The highest BCUT2D eigenvalue weighted by Gasteiger charge is 2.30. The Morgan fingerprint density at radius 2 is 1.56 bits per heavy atom. The third-order valence-corrected chi connectivity index (χ3v) is 8.43. The molecule has 4 rings (SSSR count). The Morgan fingerprint density at radius 1 is 0.923 bits per heavy atom. The number of nitrogens with one attached hydrogen (secondary N) is 1. The lowest BCUT2D eigenvalue weighted by molar-refractivity contribution is -0.126. The minimum atomic E-state index is -4.24. The van der Waals surface area contributed by atoms with E-state index in [4.69, 9.17) is 19.3 Å². The third-order valence-electron chi connectivity index (χ3n) is 6.15. The Labute approximate surface area is 228 Å². The van der Waals surface area contributed by atoms with Crippen molar-refractivity contribution in [3.63, 3.8) is 0 Å². The molecule has 1 aliphatic heterocycles. The van der Waals surface area contributed by atoms with Crippen LogP contribution in [0, 0.1) is 0 Å². The Kier molecular flexibility index (Phi) is 8.19. The van der Waals surface area contributed by atoms with E-state index in [1.165, 1.54) is 36.4 Å². The molecule has 0 aromatic heterocycles. The van der Waals surface area contributed by atoms with Crippen LogP contribution in [0.4, 0.5) is 0 Å². The van der Waals surface area contributed by atoms with E-state index in [9.17, 15) is 21.6 Å². The lowest BCUT2D eigenvalue weighted by atomic mass is 10.0. The lowest BCUT2D eigenvalue weighted by Gasteiger charge is -2.21. The van der Waals surface area contributed by atoms with E-state index >= 15 is 0 Å². The quantitative estimate of drug-likeness (QED) is 0.371. The van der Waals surface area contributed by atoms with Gasteiger partial charge < -0.3 is 14.2 Å². The van der Waals surface area contributed by atoms with Gasteiger partial charge in [0.15, 0.2) is 11.5 Å². The molecule has 39 heavy (non-hydrogen) atoms. The number of amides is 1. The zero-order valence-electron chi connectivity index (χ0n) is 21.7. The van der Waals surface area contributed by atoms with Crippen molar-refractivity contribution >= 4 is 26.0 Å². The second-order valence-corrected chi connectivity index (χ2v) is 12.6. The molecule has 3 aromatic carbocycles. The summed E-state index contributed by atoms with van der Waals surface area (Å²) >= 11 is 0. The Balaban J connectivity index is 1.71. The molecule has 1 atom stereocenters. The minimum Gasteiger partial charge on any atom is -0.475 e. The van der Waals surface area contributed by atoms with Crippen LogP contribution in [-0.2, 0) is 31.3 Å². The molecule has 0 saturated carbocycles. The van der Waals surface area contributed by atoms with Gasteiger partial charge in [-0.3, -0.25) is 4.79 Å². The molecule has 0 radical (unpaired) electrons. The second kappa shape index (κ2) is 11.2. The number of nitrogens with two attached hydrogens (primary N) is 1. The third kappa shape index (κ3) is 6.52. The van der Waals surface area contributed by atoms with Crippen LogP contribution in [0.1, 0.15) is 55.9 Å². The summed E-state index contributed by atoms with van der Waals surface area (Å²) in [6, 6.07) is 15.0. The Morgan fingerprint density at radius 3 is 2.21 bits per heavy atom. The number of rotatable bonds is 10. The molecule has 1 heterocycles. The second-order valence-electron chi connectivity index (χ2n) is 9.37. The van der Waals surface area contributed by atoms with Gasteiger partial charge in [-0.15, -0.1) is 0 Å². The number of benzene rings is 3. The normalized spacial score (nSPS) is 13.8. The highest BCUT2D eigenvalue weighted by atomic mass is 32.2. The maximum atomic E-state index is 13.5. The average Bonchev–Trinajstić information content (AvgIpc) is 3.35. The maximum Gasteiger partial charge on any atom is 0.279 e. The van der Waals surface area contributed by atoms with Crippen LogP contribution in [0.25, 0.3) is 0 Å². The maximum absolute atomic E-state index is 13.5. The summed E-state index contributed by atoms with van der Waals surface area (Å²) in [6.45, 7) is 5.88. The predicted octanol–water partition coefficient (Wildman–Crippen LogP) is 3.76. The SMILES string of the molecule is CCCc1cc(S(N)(=O)=O)ccc1OC(C(=O)NS(=O)(=O)c1ccc(C(C)C)cc1)c1ccc2c(c1)OCO2. The number of ether oxygens (including phenoxy) is 3. The van der Waals surface area contributed by atoms with Crippen LogP contribution in [0.2, 0.25) is 0 Å². The standard InChI is InChI=1S/C27H30N2O8S2/c1-4-5-19-14-22(38(28,31)32)11-13-23(19)37-26(20-8-12-24-25(15-20)36-16-35-24)27(30)29-39(33,34)21-9-6-18(7-10-21)17(2)3/h6-15,17,26H,4-5,16H2,1-3H3,(H,29,30)(H2,28,31,32). The van der Waals surface area contributed by atoms with Crippen LogP contribution in [0.5, 0.6) is 17.2 Å². The van der Waals surface area contributed by atoms with Crippen LogP contribution in [0.3, 0.4) is 0 Å². The van der Waals surface area contributed by atoms with Gasteiger partial charge >= 0.3 is 0 Å². The molecule has 0 spiro atoms. The number of fused-ring (bicyclic) bond motifs is 1. The molecular formula is C27H30N2O8S2. The van der Waals surface area contributed by atoms with Crippen LogP contribution in [-0.4, -0.2) is 29.5 Å². The van der Waals surface area contributed by atoms with Crippen molar-refractivity contribution in [3.8, 4) is 17.2 Å². The zero-order valence-corrected chi connectivity index (χ0v) is 23.3. The lowest BCUT2D eigenvalue weighted by Crippen LogP contribution is -2.37. The van der Waals surface area contributed by atoms with Crippen molar-refractivity contribution in [1.82, 2.24) is 4.72 Å². The fourth-order valence-electron chi connectivity index (χ4n) is 4.07. The molecule has 1 amide bonds. The molecule has 208 valence electrons. The van der Waals surface area contributed by atoms with Crippen molar-refractivity contribution in [2.75, 3.05) is 6.79 Å². The Hall–Kier alpha value is -3.61. The first-order chi connectivity index (χ1) is 18.4. The number of carbonyl (C=O) groups excluding carboxylic acids is 1. The monoisotopic (exact) mass is 574 g/mol. The molecular weight excluding hydrogens is 544 g/mol. The number of primary sulfonamides is 1. The van der Waals surface area contributed by atoms with E-state index in [0.29, 0.717) is 35.5 Å². The zero-order chi connectivity index (χ0) is 28.4. The van der Waals surface area contributed by atoms with Gasteiger partial charge in [-0.1, -0.05) is 45.4 Å². The van der Waals surface area contributed by atoms with E-state index in [1.807, 2.05) is 20.8 Å². The van der Waals surface area contributed by atoms with E-state index < -0.39 is 32.1 Å². The van der Waals surface area contributed by atoms with Crippen LogP contribution >= 0.6 is 0 Å². The topological polar surface area (TPSA) is 151 Å². The van der Waals surface area contributed by atoms with Gasteiger partial charge in [-0.25, -0.2) is 26.7 Å². The highest BCUT2D eigenvalue weighted by molar-refractivity contribution is 7.90. The summed E-state index contributed by atoms with van der Waals surface area (Å²) in [5.41, 5.74) is 1.75. The summed E-state index contributed by atoms with van der Waals surface area (Å²) in [7, 11) is -8.21. The highest BCUT2D eigenvalue weighted by Crippen LogP contribution is 2.36. The summed E-state index contributed by atoms with van der Waals surface area (Å²) in [4.78, 5) is 13.3. The number of carbonyl (C=O) groups is 1. The van der Waals surface area contributed by atoms with Gasteiger partial charge in [0.2, 0.25) is 22.9 Å². The number of aryl methyl sites for hydroxylation is 1.